The molecule has 6 atom stereocenters. The molecule has 2 heterocycles. The molecule has 28 heavy (non-hydrogen) atoms. The lowest BCUT2D eigenvalue weighted by atomic mass is 9.83. The molecule has 3 fully saturated rings. The van der Waals surface area contributed by atoms with Crippen molar-refractivity contribution in [3.05, 3.63) is 0 Å². The van der Waals surface area contributed by atoms with Crippen LogP contribution in [-0.2, 0) is 28.5 Å². The number of ether oxygens (including phenoxy) is 4. The third kappa shape index (κ3) is 5.07. The highest BCUT2D eigenvalue weighted by molar-refractivity contribution is 5.73. The minimum absolute atomic E-state index is 0.00202. The standard InChI is InChI=1S/C22H36O6/c1-14(7-9-21(5)15(2)27-21)18(23)25-12-20(3,4)13-26-19(24)16-8-10-22(6)17(11-16)28-22/h14-17H,7-13H2,1-6H3. The second-order valence-corrected chi connectivity index (χ2v) is 10.3. The maximum absolute atomic E-state index is 12.4. The zero-order valence-corrected chi connectivity index (χ0v) is 18.2. The first-order chi connectivity index (χ1) is 12.9. The summed E-state index contributed by atoms with van der Waals surface area (Å²) in [6.45, 7) is 12.5. The number of esters is 2. The normalized spacial score (nSPS) is 37.6. The zero-order valence-electron chi connectivity index (χ0n) is 18.2. The van der Waals surface area contributed by atoms with Gasteiger partial charge in [-0.2, -0.15) is 0 Å². The molecule has 0 aromatic heterocycles. The molecule has 6 nitrogen and oxygen atoms in total. The lowest BCUT2D eigenvalue weighted by molar-refractivity contribution is -0.158. The number of hydrogen-bond donors (Lipinski definition) is 0. The summed E-state index contributed by atoms with van der Waals surface area (Å²) in [6.07, 6.45) is 4.58. The van der Waals surface area contributed by atoms with Crippen LogP contribution in [0.4, 0.5) is 0 Å². The SMILES string of the molecule is CC(CCC1(C)OC1C)C(=O)OCC(C)(C)COC(=O)C1CCC2(C)OC2C1. The van der Waals surface area contributed by atoms with E-state index in [1.54, 1.807) is 0 Å². The minimum atomic E-state index is -0.412. The van der Waals surface area contributed by atoms with Crippen LogP contribution in [0.15, 0.2) is 0 Å². The molecule has 0 spiro atoms. The summed E-state index contributed by atoms with van der Waals surface area (Å²) < 4.78 is 22.3. The fourth-order valence-electron chi connectivity index (χ4n) is 3.95. The molecule has 0 aromatic rings. The summed E-state index contributed by atoms with van der Waals surface area (Å²) in [5.41, 5.74) is -0.490. The van der Waals surface area contributed by atoms with Gasteiger partial charge in [-0.1, -0.05) is 20.8 Å². The summed E-state index contributed by atoms with van der Waals surface area (Å²) in [7, 11) is 0. The predicted octanol–water partition coefficient (Wildman–Crippen LogP) is 3.65. The van der Waals surface area contributed by atoms with Crippen LogP contribution in [0.25, 0.3) is 0 Å². The van der Waals surface area contributed by atoms with Crippen molar-refractivity contribution >= 4 is 11.9 Å². The van der Waals surface area contributed by atoms with Crippen molar-refractivity contribution in [2.24, 2.45) is 17.3 Å². The Labute approximate surface area is 168 Å². The highest BCUT2D eigenvalue weighted by atomic mass is 16.6. The molecule has 6 unspecified atom stereocenters. The van der Waals surface area contributed by atoms with Gasteiger partial charge in [0.05, 0.1) is 48.5 Å². The van der Waals surface area contributed by atoms with Gasteiger partial charge in [0, 0.05) is 5.41 Å². The van der Waals surface area contributed by atoms with E-state index in [-0.39, 0.29) is 60.4 Å². The average Bonchev–Trinajstić information content (AvgIpc) is 3.49. The van der Waals surface area contributed by atoms with E-state index >= 15 is 0 Å². The van der Waals surface area contributed by atoms with Crippen molar-refractivity contribution in [2.75, 3.05) is 13.2 Å². The number of carbonyl (C=O) groups excluding carboxylic acids is 2. The van der Waals surface area contributed by atoms with Crippen molar-refractivity contribution in [2.45, 2.75) is 97.1 Å². The lowest BCUT2D eigenvalue weighted by Crippen LogP contribution is -2.33. The summed E-state index contributed by atoms with van der Waals surface area (Å²) in [5, 5.41) is 0. The van der Waals surface area contributed by atoms with Gasteiger partial charge in [0.15, 0.2) is 0 Å². The molecule has 1 saturated carbocycles. The third-order valence-electron chi connectivity index (χ3n) is 6.79. The molecule has 3 aliphatic rings. The molecule has 0 radical (unpaired) electrons. The first kappa shape index (κ1) is 21.6. The van der Waals surface area contributed by atoms with Gasteiger partial charge >= 0.3 is 11.9 Å². The van der Waals surface area contributed by atoms with Crippen LogP contribution in [0.3, 0.4) is 0 Å². The fourth-order valence-corrected chi connectivity index (χ4v) is 3.95. The van der Waals surface area contributed by atoms with E-state index in [0.717, 1.165) is 32.1 Å². The maximum Gasteiger partial charge on any atom is 0.309 e. The molecule has 1 aliphatic carbocycles. The second-order valence-electron chi connectivity index (χ2n) is 10.3. The monoisotopic (exact) mass is 396 g/mol. The Bertz CT molecular complexity index is 616. The summed E-state index contributed by atoms with van der Waals surface area (Å²) in [5.74, 6) is -0.597. The lowest BCUT2D eigenvalue weighted by Gasteiger charge is -2.27. The predicted molar refractivity (Wildman–Crippen MR) is 104 cm³/mol. The molecule has 6 heteroatoms. The summed E-state index contributed by atoms with van der Waals surface area (Å²) in [4.78, 5) is 24.7. The summed E-state index contributed by atoms with van der Waals surface area (Å²) in [6, 6.07) is 0. The van der Waals surface area contributed by atoms with Crippen molar-refractivity contribution in [3.63, 3.8) is 0 Å². The Kier molecular flexibility index (Phi) is 5.85. The summed E-state index contributed by atoms with van der Waals surface area (Å²) >= 11 is 0. The average molecular weight is 397 g/mol. The molecule has 0 bridgehead atoms. The van der Waals surface area contributed by atoms with E-state index in [0.29, 0.717) is 0 Å². The van der Waals surface area contributed by atoms with Crippen LogP contribution in [0, 0.1) is 17.3 Å². The van der Waals surface area contributed by atoms with E-state index in [9.17, 15) is 9.59 Å². The number of fused-ring (bicyclic) bond motifs is 1. The molecular weight excluding hydrogens is 360 g/mol. The van der Waals surface area contributed by atoms with Crippen molar-refractivity contribution in [1.82, 2.24) is 0 Å². The van der Waals surface area contributed by atoms with Crippen molar-refractivity contribution < 1.29 is 28.5 Å². The first-order valence-corrected chi connectivity index (χ1v) is 10.6. The molecule has 3 rings (SSSR count). The van der Waals surface area contributed by atoms with Gasteiger partial charge in [0.25, 0.3) is 0 Å². The van der Waals surface area contributed by atoms with Gasteiger partial charge in [-0.15, -0.1) is 0 Å². The Morgan fingerprint density at radius 2 is 1.82 bits per heavy atom. The third-order valence-corrected chi connectivity index (χ3v) is 6.79. The highest BCUT2D eigenvalue weighted by Gasteiger charge is 2.56. The molecule has 0 aromatic carbocycles. The van der Waals surface area contributed by atoms with Gasteiger partial charge in [0.2, 0.25) is 0 Å². The second kappa shape index (κ2) is 7.60. The van der Waals surface area contributed by atoms with E-state index in [1.165, 1.54) is 0 Å². The fraction of sp³-hybridized carbons (Fsp3) is 0.909. The van der Waals surface area contributed by atoms with E-state index in [2.05, 4.69) is 20.8 Å². The van der Waals surface area contributed by atoms with Crippen molar-refractivity contribution in [1.29, 1.82) is 0 Å². The van der Waals surface area contributed by atoms with Gasteiger partial charge in [-0.25, -0.2) is 0 Å². The molecule has 160 valence electrons. The van der Waals surface area contributed by atoms with Crippen LogP contribution in [0.2, 0.25) is 0 Å². The maximum atomic E-state index is 12.4. The van der Waals surface area contributed by atoms with E-state index < -0.39 is 5.41 Å². The number of carbonyl (C=O) groups is 2. The first-order valence-electron chi connectivity index (χ1n) is 10.6. The molecule has 0 N–H and O–H groups in total. The van der Waals surface area contributed by atoms with Gasteiger partial charge < -0.3 is 18.9 Å². The Hall–Kier alpha value is -1.14. The quantitative estimate of drug-likeness (QED) is 0.437. The molecule has 2 aliphatic heterocycles. The van der Waals surface area contributed by atoms with Gasteiger partial charge in [-0.3, -0.25) is 9.59 Å². The number of hydrogen-bond acceptors (Lipinski definition) is 6. The van der Waals surface area contributed by atoms with Crippen LogP contribution < -0.4 is 0 Å². The smallest absolute Gasteiger partial charge is 0.309 e. The van der Waals surface area contributed by atoms with Crippen LogP contribution in [0.1, 0.15) is 73.6 Å². The largest absolute Gasteiger partial charge is 0.465 e. The Balaban J connectivity index is 1.34. The zero-order chi connectivity index (χ0) is 20.7. The molecule has 2 saturated heterocycles. The van der Waals surface area contributed by atoms with Gasteiger partial charge in [-0.05, 0) is 52.9 Å². The Morgan fingerprint density at radius 3 is 2.43 bits per heavy atom. The molecule has 0 amide bonds. The highest BCUT2D eigenvalue weighted by Crippen LogP contribution is 2.49. The Morgan fingerprint density at radius 1 is 1.18 bits per heavy atom. The van der Waals surface area contributed by atoms with Crippen molar-refractivity contribution in [3.8, 4) is 0 Å². The van der Waals surface area contributed by atoms with Crippen LogP contribution in [-0.4, -0.2) is 48.6 Å². The number of epoxide rings is 2. The van der Waals surface area contributed by atoms with Crippen LogP contribution >= 0.6 is 0 Å². The van der Waals surface area contributed by atoms with E-state index in [1.807, 2.05) is 20.8 Å². The van der Waals surface area contributed by atoms with E-state index in [4.69, 9.17) is 18.9 Å². The minimum Gasteiger partial charge on any atom is -0.465 e. The topological polar surface area (TPSA) is 77.7 Å². The van der Waals surface area contributed by atoms with Gasteiger partial charge in [0.1, 0.15) is 0 Å². The molecular formula is C22H36O6. The van der Waals surface area contributed by atoms with Crippen LogP contribution in [0.5, 0.6) is 0 Å². The number of rotatable bonds is 9.